The van der Waals surface area contributed by atoms with Crippen molar-refractivity contribution in [2.45, 2.75) is 44.7 Å². The van der Waals surface area contributed by atoms with Crippen molar-refractivity contribution in [1.29, 1.82) is 0 Å². The first-order valence-electron chi connectivity index (χ1n) is 7.31. The minimum Gasteiger partial charge on any atom is -0.329 e. The van der Waals surface area contributed by atoms with Crippen molar-refractivity contribution in [3.8, 4) is 0 Å². The molecule has 3 unspecified atom stereocenters. The van der Waals surface area contributed by atoms with E-state index in [1.807, 2.05) is 6.07 Å². The van der Waals surface area contributed by atoms with Crippen LogP contribution in [-0.2, 0) is 0 Å². The van der Waals surface area contributed by atoms with Crippen LogP contribution in [0.4, 0.5) is 4.39 Å². The van der Waals surface area contributed by atoms with Crippen LogP contribution in [0.5, 0.6) is 0 Å². The van der Waals surface area contributed by atoms with Gasteiger partial charge in [-0.25, -0.2) is 4.39 Å². The van der Waals surface area contributed by atoms with Gasteiger partial charge in [-0.05, 0) is 43.5 Å². The zero-order valence-electron chi connectivity index (χ0n) is 12.0. The molecule has 1 aliphatic rings. The smallest absolute Gasteiger partial charge is 0.123 e. The van der Waals surface area contributed by atoms with Gasteiger partial charge in [-0.3, -0.25) is 4.90 Å². The van der Waals surface area contributed by atoms with Gasteiger partial charge in [-0.15, -0.1) is 0 Å². The Hall–Kier alpha value is -0.930. The van der Waals surface area contributed by atoms with Crippen molar-refractivity contribution in [2.24, 2.45) is 11.7 Å². The van der Waals surface area contributed by atoms with Gasteiger partial charge in [0.1, 0.15) is 5.82 Å². The second kappa shape index (κ2) is 6.49. The number of hydrogen-bond acceptors (Lipinski definition) is 2. The largest absolute Gasteiger partial charge is 0.329 e. The predicted molar refractivity (Wildman–Crippen MR) is 77.4 cm³/mol. The first-order valence-corrected chi connectivity index (χ1v) is 7.31. The molecule has 0 bridgehead atoms. The first kappa shape index (κ1) is 14.5. The third kappa shape index (κ3) is 3.34. The molecule has 3 atom stereocenters. The minimum absolute atomic E-state index is 0.112. The van der Waals surface area contributed by atoms with Crippen molar-refractivity contribution < 1.29 is 4.39 Å². The lowest BCUT2D eigenvalue weighted by Crippen LogP contribution is -2.43. The Morgan fingerprint density at radius 2 is 2.11 bits per heavy atom. The molecule has 19 heavy (non-hydrogen) atoms. The highest BCUT2D eigenvalue weighted by Crippen LogP contribution is 2.32. The van der Waals surface area contributed by atoms with Crippen molar-refractivity contribution in [3.63, 3.8) is 0 Å². The topological polar surface area (TPSA) is 29.3 Å². The fourth-order valence-corrected chi connectivity index (χ4v) is 3.38. The fraction of sp³-hybridized carbons (Fsp3) is 0.625. The molecular weight excluding hydrogens is 239 g/mol. The lowest BCUT2D eigenvalue weighted by Gasteiger charge is -2.40. The van der Waals surface area contributed by atoms with Crippen LogP contribution in [-0.4, -0.2) is 24.5 Å². The molecule has 2 N–H and O–H groups in total. The standard InChI is InChI=1S/C16H25FN2/c1-12-6-3-4-9-15(12)19(2)16(11-18)13-7-5-8-14(17)10-13/h5,7-8,10,12,15-16H,3-4,6,9,11,18H2,1-2H3. The van der Waals surface area contributed by atoms with Crippen LogP contribution in [0, 0.1) is 11.7 Å². The van der Waals surface area contributed by atoms with Crippen molar-refractivity contribution in [3.05, 3.63) is 35.6 Å². The molecule has 0 saturated heterocycles. The maximum absolute atomic E-state index is 13.4. The molecule has 1 aromatic carbocycles. The molecule has 1 aliphatic carbocycles. The Labute approximate surface area is 115 Å². The summed E-state index contributed by atoms with van der Waals surface area (Å²) in [6.07, 6.45) is 5.14. The maximum atomic E-state index is 13.4. The predicted octanol–water partition coefficient (Wildman–Crippen LogP) is 3.34. The quantitative estimate of drug-likeness (QED) is 0.903. The van der Waals surface area contributed by atoms with E-state index in [-0.39, 0.29) is 11.9 Å². The van der Waals surface area contributed by atoms with Crippen LogP contribution in [0.2, 0.25) is 0 Å². The summed E-state index contributed by atoms with van der Waals surface area (Å²) in [4.78, 5) is 2.36. The molecule has 1 fully saturated rings. The average Bonchev–Trinajstić information content (AvgIpc) is 2.40. The van der Waals surface area contributed by atoms with Gasteiger partial charge in [0, 0.05) is 18.6 Å². The molecular formula is C16H25FN2. The number of nitrogens with zero attached hydrogens (tertiary/aromatic N) is 1. The Balaban J connectivity index is 2.16. The molecule has 3 heteroatoms. The molecule has 0 aromatic heterocycles. The Morgan fingerprint density at radius 3 is 2.74 bits per heavy atom. The van der Waals surface area contributed by atoms with Crippen molar-refractivity contribution in [1.82, 2.24) is 4.90 Å². The number of halogens is 1. The third-order valence-corrected chi connectivity index (χ3v) is 4.54. The number of likely N-dealkylation sites (N-methyl/N-ethyl adjacent to an activating group) is 1. The van der Waals surface area contributed by atoms with Crippen LogP contribution >= 0.6 is 0 Å². The van der Waals surface area contributed by atoms with Crippen LogP contribution in [0.1, 0.15) is 44.2 Å². The van der Waals surface area contributed by atoms with E-state index in [9.17, 15) is 4.39 Å². The van der Waals surface area contributed by atoms with Gasteiger partial charge in [-0.2, -0.15) is 0 Å². The average molecular weight is 264 g/mol. The van der Waals surface area contributed by atoms with E-state index in [1.54, 1.807) is 12.1 Å². The number of hydrogen-bond donors (Lipinski definition) is 1. The lowest BCUT2D eigenvalue weighted by atomic mass is 9.84. The zero-order chi connectivity index (χ0) is 13.8. The molecule has 2 nitrogen and oxygen atoms in total. The fourth-order valence-electron chi connectivity index (χ4n) is 3.38. The van der Waals surface area contributed by atoms with E-state index in [2.05, 4.69) is 18.9 Å². The van der Waals surface area contributed by atoms with Gasteiger partial charge in [0.15, 0.2) is 0 Å². The molecule has 1 saturated carbocycles. The molecule has 106 valence electrons. The second-order valence-corrected chi connectivity index (χ2v) is 5.80. The molecule has 0 heterocycles. The highest BCUT2D eigenvalue weighted by Gasteiger charge is 2.29. The molecule has 0 radical (unpaired) electrons. The van der Waals surface area contributed by atoms with Gasteiger partial charge < -0.3 is 5.73 Å². The monoisotopic (exact) mass is 264 g/mol. The van der Waals surface area contributed by atoms with E-state index >= 15 is 0 Å². The normalized spacial score (nSPS) is 25.5. The summed E-state index contributed by atoms with van der Waals surface area (Å²) in [6.45, 7) is 2.85. The molecule has 0 spiro atoms. The number of nitrogens with two attached hydrogens (primary N) is 1. The molecule has 2 rings (SSSR count). The molecule has 0 amide bonds. The molecule has 1 aromatic rings. The first-order chi connectivity index (χ1) is 9.13. The van der Waals surface area contributed by atoms with Crippen LogP contribution < -0.4 is 5.73 Å². The van der Waals surface area contributed by atoms with Crippen LogP contribution in [0.15, 0.2) is 24.3 Å². The van der Waals surface area contributed by atoms with Gasteiger partial charge in [-0.1, -0.05) is 31.9 Å². The summed E-state index contributed by atoms with van der Waals surface area (Å²) in [7, 11) is 2.13. The van der Waals surface area contributed by atoms with Crippen molar-refractivity contribution >= 4 is 0 Å². The van der Waals surface area contributed by atoms with E-state index in [0.29, 0.717) is 18.5 Å². The van der Waals surface area contributed by atoms with Gasteiger partial charge in [0.2, 0.25) is 0 Å². The summed E-state index contributed by atoms with van der Waals surface area (Å²) in [5, 5.41) is 0. The highest BCUT2D eigenvalue weighted by atomic mass is 19.1. The van der Waals surface area contributed by atoms with E-state index in [1.165, 1.54) is 31.7 Å². The summed E-state index contributed by atoms with van der Waals surface area (Å²) in [5.41, 5.74) is 6.93. The van der Waals surface area contributed by atoms with Gasteiger partial charge in [0.05, 0.1) is 0 Å². The van der Waals surface area contributed by atoms with E-state index < -0.39 is 0 Å². The Morgan fingerprint density at radius 1 is 1.37 bits per heavy atom. The van der Waals surface area contributed by atoms with E-state index in [4.69, 9.17) is 5.73 Å². The lowest BCUT2D eigenvalue weighted by molar-refractivity contribution is 0.0991. The van der Waals surface area contributed by atoms with Crippen LogP contribution in [0.25, 0.3) is 0 Å². The van der Waals surface area contributed by atoms with Crippen molar-refractivity contribution in [2.75, 3.05) is 13.6 Å². The van der Waals surface area contributed by atoms with Gasteiger partial charge in [0.25, 0.3) is 0 Å². The summed E-state index contributed by atoms with van der Waals surface area (Å²) in [5.74, 6) is 0.516. The maximum Gasteiger partial charge on any atom is 0.123 e. The summed E-state index contributed by atoms with van der Waals surface area (Å²) >= 11 is 0. The van der Waals surface area contributed by atoms with Gasteiger partial charge >= 0.3 is 0 Å². The van der Waals surface area contributed by atoms with E-state index in [0.717, 1.165) is 5.56 Å². The van der Waals surface area contributed by atoms with Crippen LogP contribution in [0.3, 0.4) is 0 Å². The Bertz CT molecular complexity index is 407. The summed E-state index contributed by atoms with van der Waals surface area (Å²) in [6, 6.07) is 7.52. The second-order valence-electron chi connectivity index (χ2n) is 5.80. The molecule has 0 aliphatic heterocycles. The minimum atomic E-state index is -0.180. The summed E-state index contributed by atoms with van der Waals surface area (Å²) < 4.78 is 13.4. The Kier molecular flexibility index (Phi) is 4.94. The number of benzene rings is 1. The zero-order valence-corrected chi connectivity index (χ0v) is 12.0. The third-order valence-electron chi connectivity index (χ3n) is 4.54. The highest BCUT2D eigenvalue weighted by molar-refractivity contribution is 5.21. The number of rotatable bonds is 4. The SMILES string of the molecule is CC1CCCCC1N(C)C(CN)c1cccc(F)c1.